The number of Topliss-reactive ketones (excluding diaryl/α,β-unsaturated/α-hetero) is 1. The second-order valence-corrected chi connectivity index (χ2v) is 5.26. The van der Waals surface area contributed by atoms with Crippen molar-refractivity contribution in [1.29, 1.82) is 0 Å². The van der Waals surface area contributed by atoms with Crippen LogP contribution in [0.15, 0.2) is 42.6 Å². The Morgan fingerprint density at radius 1 is 1.18 bits per heavy atom. The number of nitrogens with zero attached hydrogens (tertiary/aromatic N) is 2. The van der Waals surface area contributed by atoms with E-state index in [1.54, 1.807) is 29.1 Å². The van der Waals surface area contributed by atoms with Crippen molar-refractivity contribution >= 4 is 17.5 Å². The van der Waals surface area contributed by atoms with Gasteiger partial charge in [0.15, 0.2) is 5.78 Å². The summed E-state index contributed by atoms with van der Waals surface area (Å²) in [5, 5.41) is 7.04. The molecule has 0 aliphatic heterocycles. The van der Waals surface area contributed by atoms with Crippen molar-refractivity contribution in [3.63, 3.8) is 0 Å². The molecule has 1 aromatic heterocycles. The number of benzene rings is 1. The molecule has 22 heavy (non-hydrogen) atoms. The Bertz CT molecular complexity index is 634. The number of hydrogen-bond acceptors (Lipinski definition) is 3. The second-order valence-electron chi connectivity index (χ2n) is 5.26. The fraction of sp³-hybridized carbons (Fsp3) is 0.353. The first-order valence-electron chi connectivity index (χ1n) is 7.53. The SMILES string of the molecule is CCC(C)n1nccc1NC(=O)CCC(=O)c1ccccc1. The molecule has 0 saturated heterocycles. The van der Waals surface area contributed by atoms with E-state index in [1.807, 2.05) is 25.1 Å². The van der Waals surface area contributed by atoms with E-state index in [1.165, 1.54) is 0 Å². The molecule has 2 aromatic rings. The zero-order chi connectivity index (χ0) is 15.9. The highest BCUT2D eigenvalue weighted by Gasteiger charge is 2.13. The van der Waals surface area contributed by atoms with E-state index in [4.69, 9.17) is 0 Å². The molecule has 1 aromatic carbocycles. The lowest BCUT2D eigenvalue weighted by atomic mass is 10.1. The van der Waals surface area contributed by atoms with E-state index >= 15 is 0 Å². The standard InChI is InChI=1S/C17H21N3O2/c1-3-13(2)20-16(11-12-18-20)19-17(22)10-9-15(21)14-7-5-4-6-8-14/h4-8,11-13H,3,9-10H2,1-2H3,(H,19,22). The van der Waals surface area contributed by atoms with Gasteiger partial charge in [-0.3, -0.25) is 9.59 Å². The smallest absolute Gasteiger partial charge is 0.225 e. The third-order valence-electron chi connectivity index (χ3n) is 3.62. The van der Waals surface area contributed by atoms with Crippen molar-refractivity contribution in [1.82, 2.24) is 9.78 Å². The maximum Gasteiger partial charge on any atom is 0.225 e. The summed E-state index contributed by atoms with van der Waals surface area (Å²) in [4.78, 5) is 24.0. The molecule has 5 nitrogen and oxygen atoms in total. The minimum atomic E-state index is -0.172. The molecule has 2 rings (SSSR count). The number of rotatable bonds is 7. The molecule has 0 spiro atoms. The van der Waals surface area contributed by atoms with Gasteiger partial charge in [-0.15, -0.1) is 0 Å². The minimum Gasteiger partial charge on any atom is -0.311 e. The number of aromatic nitrogens is 2. The second kappa shape index (κ2) is 7.54. The first-order valence-corrected chi connectivity index (χ1v) is 7.53. The lowest BCUT2D eigenvalue weighted by Crippen LogP contribution is -2.18. The summed E-state index contributed by atoms with van der Waals surface area (Å²) >= 11 is 0. The zero-order valence-electron chi connectivity index (χ0n) is 13.0. The van der Waals surface area contributed by atoms with Crippen LogP contribution in [0.1, 0.15) is 49.5 Å². The minimum absolute atomic E-state index is 0.0221. The predicted molar refractivity (Wildman–Crippen MR) is 85.9 cm³/mol. The van der Waals surface area contributed by atoms with Crippen LogP contribution >= 0.6 is 0 Å². The molecule has 1 heterocycles. The summed E-state index contributed by atoms with van der Waals surface area (Å²) in [6.45, 7) is 4.11. The molecule has 1 atom stereocenters. The van der Waals surface area contributed by atoms with Crippen LogP contribution in [0.5, 0.6) is 0 Å². The molecule has 0 radical (unpaired) electrons. The van der Waals surface area contributed by atoms with Crippen LogP contribution in [0.25, 0.3) is 0 Å². The molecule has 1 amide bonds. The van der Waals surface area contributed by atoms with E-state index in [2.05, 4.69) is 17.3 Å². The fourth-order valence-electron chi connectivity index (χ4n) is 2.14. The van der Waals surface area contributed by atoms with Crippen molar-refractivity contribution in [2.45, 2.75) is 39.2 Å². The molecular weight excluding hydrogens is 278 g/mol. The van der Waals surface area contributed by atoms with Crippen LogP contribution in [0.4, 0.5) is 5.82 Å². The molecule has 0 aliphatic carbocycles. The highest BCUT2D eigenvalue weighted by Crippen LogP contribution is 2.16. The first kappa shape index (κ1) is 15.9. The summed E-state index contributed by atoms with van der Waals surface area (Å²) in [5.41, 5.74) is 0.639. The number of anilines is 1. The van der Waals surface area contributed by atoms with E-state index in [0.717, 1.165) is 6.42 Å². The van der Waals surface area contributed by atoms with Gasteiger partial charge in [0.2, 0.25) is 5.91 Å². The van der Waals surface area contributed by atoms with Gasteiger partial charge in [-0.1, -0.05) is 37.3 Å². The quantitative estimate of drug-likeness (QED) is 0.796. The van der Waals surface area contributed by atoms with Gasteiger partial charge in [0.25, 0.3) is 0 Å². The lowest BCUT2D eigenvalue weighted by molar-refractivity contribution is -0.116. The Kier molecular flexibility index (Phi) is 5.47. The molecule has 0 fully saturated rings. The van der Waals surface area contributed by atoms with Crippen LogP contribution in [0.3, 0.4) is 0 Å². The zero-order valence-corrected chi connectivity index (χ0v) is 13.0. The monoisotopic (exact) mass is 299 g/mol. The van der Waals surface area contributed by atoms with Crippen LogP contribution in [-0.4, -0.2) is 21.5 Å². The van der Waals surface area contributed by atoms with E-state index in [9.17, 15) is 9.59 Å². The van der Waals surface area contributed by atoms with E-state index < -0.39 is 0 Å². The first-order chi connectivity index (χ1) is 10.6. The molecule has 116 valence electrons. The number of hydrogen-bond donors (Lipinski definition) is 1. The maximum absolute atomic E-state index is 12.0. The number of carbonyl (C=O) groups excluding carboxylic acids is 2. The summed E-state index contributed by atoms with van der Waals surface area (Å²) < 4.78 is 1.79. The molecule has 0 saturated carbocycles. The van der Waals surface area contributed by atoms with Gasteiger partial charge in [-0.05, 0) is 13.3 Å². The van der Waals surface area contributed by atoms with E-state index in [0.29, 0.717) is 11.4 Å². The Hall–Kier alpha value is -2.43. The number of amides is 1. The van der Waals surface area contributed by atoms with E-state index in [-0.39, 0.29) is 30.6 Å². The largest absolute Gasteiger partial charge is 0.311 e. The number of nitrogens with one attached hydrogen (secondary N) is 1. The van der Waals surface area contributed by atoms with Gasteiger partial charge < -0.3 is 5.32 Å². The topological polar surface area (TPSA) is 64.0 Å². The summed E-state index contributed by atoms with van der Waals surface area (Å²) in [7, 11) is 0. The molecule has 1 N–H and O–H groups in total. The maximum atomic E-state index is 12.0. The molecule has 5 heteroatoms. The average molecular weight is 299 g/mol. The Morgan fingerprint density at radius 2 is 1.91 bits per heavy atom. The van der Waals surface area contributed by atoms with Crippen molar-refractivity contribution in [3.05, 3.63) is 48.2 Å². The predicted octanol–water partition coefficient (Wildman–Crippen LogP) is 3.46. The molecule has 0 bridgehead atoms. The van der Waals surface area contributed by atoms with Crippen molar-refractivity contribution < 1.29 is 9.59 Å². The van der Waals surface area contributed by atoms with Crippen molar-refractivity contribution in [2.24, 2.45) is 0 Å². The lowest BCUT2D eigenvalue weighted by Gasteiger charge is -2.14. The summed E-state index contributed by atoms with van der Waals surface area (Å²) in [6, 6.07) is 11.0. The highest BCUT2D eigenvalue weighted by atomic mass is 16.2. The summed E-state index contributed by atoms with van der Waals surface area (Å²) in [6.07, 6.45) is 2.96. The van der Waals surface area contributed by atoms with Gasteiger partial charge in [0.05, 0.1) is 12.2 Å². The normalized spacial score (nSPS) is 11.9. The van der Waals surface area contributed by atoms with Gasteiger partial charge in [0.1, 0.15) is 5.82 Å². The third-order valence-corrected chi connectivity index (χ3v) is 3.62. The Balaban J connectivity index is 1.89. The average Bonchev–Trinajstić information content (AvgIpc) is 3.00. The van der Waals surface area contributed by atoms with Crippen LogP contribution < -0.4 is 5.32 Å². The number of carbonyl (C=O) groups is 2. The Labute approximate surface area is 130 Å². The molecule has 0 aliphatic rings. The summed E-state index contributed by atoms with van der Waals surface area (Å²) in [5.74, 6) is 0.479. The van der Waals surface area contributed by atoms with Gasteiger partial charge in [-0.2, -0.15) is 5.10 Å². The van der Waals surface area contributed by atoms with Gasteiger partial charge in [-0.25, -0.2) is 4.68 Å². The van der Waals surface area contributed by atoms with Gasteiger partial charge >= 0.3 is 0 Å². The molecular formula is C17H21N3O2. The van der Waals surface area contributed by atoms with Crippen LogP contribution in [0, 0.1) is 0 Å². The fourth-order valence-corrected chi connectivity index (χ4v) is 2.14. The van der Waals surface area contributed by atoms with Crippen LogP contribution in [0.2, 0.25) is 0 Å². The van der Waals surface area contributed by atoms with Gasteiger partial charge in [0, 0.05) is 24.5 Å². The number of ketones is 1. The van der Waals surface area contributed by atoms with Crippen molar-refractivity contribution in [3.8, 4) is 0 Å². The highest BCUT2D eigenvalue weighted by molar-refractivity contribution is 5.99. The van der Waals surface area contributed by atoms with Crippen molar-refractivity contribution in [2.75, 3.05) is 5.32 Å². The Morgan fingerprint density at radius 3 is 2.59 bits per heavy atom. The molecule has 1 unspecified atom stereocenters. The third kappa shape index (κ3) is 4.04. The van der Waals surface area contributed by atoms with Crippen LogP contribution in [-0.2, 0) is 4.79 Å².